The Labute approximate surface area is 245 Å². The fourth-order valence-electron chi connectivity index (χ4n) is 5.00. The van der Waals surface area contributed by atoms with Gasteiger partial charge in [-0.15, -0.1) is 0 Å². The highest BCUT2D eigenvalue weighted by atomic mass is 16.7. The summed E-state index contributed by atoms with van der Waals surface area (Å²) >= 11 is 0. The third-order valence-electron chi connectivity index (χ3n) is 7.20. The zero-order valence-electron chi connectivity index (χ0n) is 23.5. The highest BCUT2D eigenvalue weighted by Crippen LogP contribution is 2.32. The summed E-state index contributed by atoms with van der Waals surface area (Å²) in [6.45, 7) is 0.772. The minimum Gasteiger partial charge on any atom is -0.467 e. The average Bonchev–Trinajstić information content (AvgIpc) is 3.46. The molecule has 222 valence electrons. The van der Waals surface area contributed by atoms with E-state index in [1.807, 2.05) is 91.0 Å². The van der Waals surface area contributed by atoms with Crippen molar-refractivity contribution in [2.75, 3.05) is 13.7 Å². The lowest BCUT2D eigenvalue weighted by atomic mass is 9.97. The molecule has 2 aliphatic heterocycles. The molecule has 5 rings (SSSR count). The monoisotopic (exact) mass is 576 g/mol. The summed E-state index contributed by atoms with van der Waals surface area (Å²) in [5, 5.41) is 0. The van der Waals surface area contributed by atoms with Crippen molar-refractivity contribution >= 4 is 11.9 Å². The Morgan fingerprint density at radius 2 is 1.21 bits per heavy atom. The van der Waals surface area contributed by atoms with E-state index in [1.165, 1.54) is 7.11 Å². The van der Waals surface area contributed by atoms with Gasteiger partial charge in [0.05, 0.1) is 33.5 Å². The van der Waals surface area contributed by atoms with E-state index in [1.54, 1.807) is 0 Å². The maximum atomic E-state index is 13.1. The molecule has 0 amide bonds. The van der Waals surface area contributed by atoms with Crippen LogP contribution in [0.15, 0.2) is 91.0 Å². The van der Waals surface area contributed by atoms with Crippen LogP contribution in [0.25, 0.3) is 0 Å². The molecule has 9 heteroatoms. The molecule has 0 saturated carbocycles. The maximum absolute atomic E-state index is 13.1. The first kappa shape index (κ1) is 29.9. The molecule has 3 aromatic rings. The van der Waals surface area contributed by atoms with Crippen LogP contribution in [-0.4, -0.2) is 62.5 Å². The zero-order valence-corrected chi connectivity index (χ0v) is 23.5. The van der Waals surface area contributed by atoms with Gasteiger partial charge >= 0.3 is 11.9 Å². The van der Waals surface area contributed by atoms with Crippen LogP contribution < -0.4 is 0 Å². The smallest absolute Gasteiger partial charge is 0.337 e. The third-order valence-corrected chi connectivity index (χ3v) is 7.20. The Morgan fingerprint density at radius 1 is 0.714 bits per heavy atom. The fourth-order valence-corrected chi connectivity index (χ4v) is 5.00. The van der Waals surface area contributed by atoms with Crippen molar-refractivity contribution in [3.63, 3.8) is 0 Å². The predicted octanol–water partition coefficient (Wildman–Crippen LogP) is 4.36. The molecule has 2 aliphatic rings. The van der Waals surface area contributed by atoms with E-state index >= 15 is 0 Å². The molecule has 3 aromatic carbocycles. The van der Waals surface area contributed by atoms with Crippen LogP contribution in [0.2, 0.25) is 0 Å². The van der Waals surface area contributed by atoms with Crippen molar-refractivity contribution in [2.45, 2.75) is 69.5 Å². The summed E-state index contributed by atoms with van der Waals surface area (Å²) in [6.07, 6.45) is -4.20. The number of hydrogen-bond donors (Lipinski definition) is 0. The molecular weight excluding hydrogens is 540 g/mol. The lowest BCUT2D eigenvalue weighted by Gasteiger charge is -2.45. The molecule has 2 heterocycles. The minimum atomic E-state index is -1.16. The van der Waals surface area contributed by atoms with E-state index in [-0.39, 0.29) is 32.4 Å². The number of benzene rings is 3. The van der Waals surface area contributed by atoms with Crippen molar-refractivity contribution in [3.05, 3.63) is 108 Å². The van der Waals surface area contributed by atoms with Crippen LogP contribution >= 0.6 is 0 Å². The molecule has 2 fully saturated rings. The van der Waals surface area contributed by atoms with E-state index in [2.05, 4.69) is 0 Å². The molecule has 42 heavy (non-hydrogen) atoms. The van der Waals surface area contributed by atoms with Crippen LogP contribution in [0.4, 0.5) is 0 Å². The van der Waals surface area contributed by atoms with Gasteiger partial charge in [-0.25, -0.2) is 4.79 Å². The summed E-state index contributed by atoms with van der Waals surface area (Å²) in [5.41, 5.74) is 2.81. The Kier molecular flexibility index (Phi) is 10.7. The fraction of sp³-hybridized carbons (Fsp3) is 0.394. The lowest BCUT2D eigenvalue weighted by molar-refractivity contribution is -0.322. The van der Waals surface area contributed by atoms with Gasteiger partial charge in [-0.1, -0.05) is 91.0 Å². The first-order chi connectivity index (χ1) is 20.6. The van der Waals surface area contributed by atoms with Crippen molar-refractivity contribution < 1.29 is 42.7 Å². The van der Waals surface area contributed by atoms with E-state index in [0.29, 0.717) is 12.8 Å². The van der Waals surface area contributed by atoms with Gasteiger partial charge in [0.1, 0.15) is 24.4 Å². The summed E-state index contributed by atoms with van der Waals surface area (Å²) in [5.74, 6) is -0.889. The van der Waals surface area contributed by atoms with E-state index in [9.17, 15) is 9.59 Å². The Morgan fingerprint density at radius 3 is 1.69 bits per heavy atom. The van der Waals surface area contributed by atoms with Crippen molar-refractivity contribution in [1.29, 1.82) is 0 Å². The van der Waals surface area contributed by atoms with Crippen molar-refractivity contribution in [1.82, 2.24) is 0 Å². The first-order valence-electron chi connectivity index (χ1n) is 14.1. The Hall–Kier alpha value is -3.60. The minimum absolute atomic E-state index is 0.0798. The van der Waals surface area contributed by atoms with Gasteiger partial charge in [-0.05, 0) is 23.1 Å². The molecule has 0 aromatic heterocycles. The average molecular weight is 577 g/mol. The lowest BCUT2D eigenvalue weighted by Crippen LogP contribution is -2.63. The number of ether oxygens (including phenoxy) is 7. The Bertz CT molecular complexity index is 1250. The van der Waals surface area contributed by atoms with E-state index in [4.69, 9.17) is 33.2 Å². The first-order valence-corrected chi connectivity index (χ1v) is 14.1. The van der Waals surface area contributed by atoms with Crippen LogP contribution in [0.5, 0.6) is 0 Å². The number of carbonyl (C=O) groups excluding carboxylic acids is 2. The summed E-state index contributed by atoms with van der Waals surface area (Å²) < 4.78 is 42.2. The standard InChI is InChI=1S/C33H36O9/c1-36-32(35)30-28(37-19-23-11-5-2-6-12-23)29(38-20-24-13-7-3-8-14-24)31(39-21-25-15-9-4-10-16-25)33(42-30)40-22-26-17-18-27(34)41-26/h2-16,26,28-31,33H,17-22H2,1H3/t26-,28+,29+,30+,31-,33-/m1/s1. The second-order valence-electron chi connectivity index (χ2n) is 10.2. The van der Waals surface area contributed by atoms with Crippen molar-refractivity contribution in [3.8, 4) is 0 Å². The molecule has 0 aliphatic carbocycles. The van der Waals surface area contributed by atoms with Crippen LogP contribution in [0, 0.1) is 0 Å². The molecule has 0 spiro atoms. The highest BCUT2D eigenvalue weighted by molar-refractivity contribution is 5.75. The van der Waals surface area contributed by atoms with E-state index in [0.717, 1.165) is 16.7 Å². The molecule has 6 atom stereocenters. The van der Waals surface area contributed by atoms with Gasteiger partial charge in [-0.2, -0.15) is 0 Å². The topological polar surface area (TPSA) is 98.8 Å². The number of carbonyl (C=O) groups is 2. The summed E-state index contributed by atoms with van der Waals surface area (Å²) in [6, 6.07) is 29.1. The van der Waals surface area contributed by atoms with Crippen LogP contribution in [0.1, 0.15) is 29.5 Å². The van der Waals surface area contributed by atoms with Crippen LogP contribution in [-0.2, 0) is 62.6 Å². The van der Waals surface area contributed by atoms with Gasteiger partial charge in [0, 0.05) is 6.42 Å². The number of rotatable bonds is 13. The predicted molar refractivity (Wildman–Crippen MR) is 151 cm³/mol. The van der Waals surface area contributed by atoms with Gasteiger partial charge in [-0.3, -0.25) is 4.79 Å². The van der Waals surface area contributed by atoms with Gasteiger partial charge < -0.3 is 33.2 Å². The SMILES string of the molecule is COC(=O)[C@H]1O[C@@H](OC[C@H]2CCC(=O)O2)[C@H](OCc2ccccc2)[C@@H](OCc2ccccc2)[C@@H]1OCc1ccccc1. The van der Waals surface area contributed by atoms with Crippen molar-refractivity contribution in [2.24, 2.45) is 0 Å². The second kappa shape index (κ2) is 15.0. The molecule has 2 saturated heterocycles. The maximum Gasteiger partial charge on any atom is 0.337 e. The van der Waals surface area contributed by atoms with Gasteiger partial charge in [0.25, 0.3) is 0 Å². The van der Waals surface area contributed by atoms with E-state index < -0.39 is 42.8 Å². The third kappa shape index (κ3) is 8.02. The van der Waals surface area contributed by atoms with Gasteiger partial charge in [0.15, 0.2) is 12.4 Å². The molecule has 9 nitrogen and oxygen atoms in total. The molecular formula is C33H36O9. The van der Waals surface area contributed by atoms with Crippen LogP contribution in [0.3, 0.4) is 0 Å². The number of esters is 2. The summed E-state index contributed by atoms with van der Waals surface area (Å²) in [7, 11) is 1.30. The highest BCUT2D eigenvalue weighted by Gasteiger charge is 2.52. The molecule has 0 radical (unpaired) electrons. The molecule has 0 unspecified atom stereocenters. The zero-order chi connectivity index (χ0) is 29.1. The number of hydrogen-bond acceptors (Lipinski definition) is 9. The normalized spacial score (nSPS) is 25.6. The molecule has 0 bridgehead atoms. The Balaban J connectivity index is 1.44. The number of cyclic esters (lactones) is 1. The van der Waals surface area contributed by atoms with Gasteiger partial charge in [0.2, 0.25) is 0 Å². The second-order valence-corrected chi connectivity index (χ2v) is 10.2. The summed E-state index contributed by atoms with van der Waals surface area (Å²) in [4.78, 5) is 24.8. The largest absolute Gasteiger partial charge is 0.467 e. The number of methoxy groups -OCH3 is 1. The quantitative estimate of drug-likeness (QED) is 0.275. The molecule has 0 N–H and O–H groups in total.